The molecule has 4 aromatic rings. The Kier molecular flexibility index (Phi) is 4.44. The summed E-state index contributed by atoms with van der Waals surface area (Å²) in [6.45, 7) is 0.575. The van der Waals surface area contributed by atoms with Gasteiger partial charge in [0.2, 0.25) is 0 Å². The van der Waals surface area contributed by atoms with Gasteiger partial charge >= 0.3 is 5.69 Å². The number of hydrogen-bond acceptors (Lipinski definition) is 4. The van der Waals surface area contributed by atoms with Gasteiger partial charge in [0.05, 0.1) is 18.6 Å². The highest BCUT2D eigenvalue weighted by atomic mass is 35.5. The van der Waals surface area contributed by atoms with Gasteiger partial charge in [0.1, 0.15) is 0 Å². The molecule has 0 unspecified atom stereocenters. The zero-order valence-electron chi connectivity index (χ0n) is 13.6. The summed E-state index contributed by atoms with van der Waals surface area (Å²) in [7, 11) is 0. The van der Waals surface area contributed by atoms with Crippen LogP contribution >= 0.6 is 22.9 Å². The average Bonchev–Trinajstić information content (AvgIpc) is 3.17. The first kappa shape index (κ1) is 16.8. The molecular formula is C19H14ClN3O2S. The number of hydrogen-bond donors (Lipinski definition) is 0. The first-order chi connectivity index (χ1) is 12.6. The van der Waals surface area contributed by atoms with E-state index in [0.717, 1.165) is 10.4 Å². The SMILES string of the molecule is O=c1c2ncccc2n(Cc2ccc(Cl)cc2)c(=O)n1Cc1cccs1. The monoisotopic (exact) mass is 383 g/mol. The largest absolute Gasteiger partial charge is 0.332 e. The topological polar surface area (TPSA) is 56.9 Å². The lowest BCUT2D eigenvalue weighted by Gasteiger charge is -2.13. The van der Waals surface area contributed by atoms with E-state index in [-0.39, 0.29) is 23.3 Å². The van der Waals surface area contributed by atoms with Crippen molar-refractivity contribution in [3.05, 3.63) is 96.4 Å². The summed E-state index contributed by atoms with van der Waals surface area (Å²) in [5, 5.41) is 2.56. The van der Waals surface area contributed by atoms with Crippen molar-refractivity contribution in [3.8, 4) is 0 Å². The summed E-state index contributed by atoms with van der Waals surface area (Å²) in [6, 6.07) is 14.6. The third kappa shape index (κ3) is 3.09. The van der Waals surface area contributed by atoms with Crippen molar-refractivity contribution in [2.45, 2.75) is 13.1 Å². The van der Waals surface area contributed by atoms with Crippen molar-refractivity contribution in [1.29, 1.82) is 0 Å². The molecule has 0 bridgehead atoms. The van der Waals surface area contributed by atoms with E-state index >= 15 is 0 Å². The van der Waals surface area contributed by atoms with E-state index in [1.54, 1.807) is 35.0 Å². The molecule has 0 fully saturated rings. The normalized spacial score (nSPS) is 11.1. The van der Waals surface area contributed by atoms with Crippen molar-refractivity contribution in [1.82, 2.24) is 14.1 Å². The third-order valence-corrected chi connectivity index (χ3v) is 5.25. The minimum Gasteiger partial charge on any atom is -0.287 e. The predicted octanol–water partition coefficient (Wildman–Crippen LogP) is 3.37. The van der Waals surface area contributed by atoms with Crippen molar-refractivity contribution in [2.75, 3.05) is 0 Å². The van der Waals surface area contributed by atoms with Crippen LogP contribution in [0.25, 0.3) is 11.0 Å². The van der Waals surface area contributed by atoms with Gasteiger partial charge in [-0.15, -0.1) is 11.3 Å². The number of benzene rings is 1. The summed E-state index contributed by atoms with van der Waals surface area (Å²) in [5.41, 5.74) is 1.02. The van der Waals surface area contributed by atoms with E-state index in [1.165, 1.54) is 15.9 Å². The Labute approximate surface area is 157 Å². The van der Waals surface area contributed by atoms with Crippen LogP contribution in [0.4, 0.5) is 0 Å². The van der Waals surface area contributed by atoms with Crippen molar-refractivity contribution in [3.63, 3.8) is 0 Å². The summed E-state index contributed by atoms with van der Waals surface area (Å²) >= 11 is 7.45. The van der Waals surface area contributed by atoms with Crippen LogP contribution in [0.1, 0.15) is 10.4 Å². The minimum absolute atomic E-state index is 0.239. The molecule has 3 heterocycles. The van der Waals surface area contributed by atoms with Crippen LogP contribution in [0.3, 0.4) is 0 Å². The van der Waals surface area contributed by atoms with E-state index in [2.05, 4.69) is 4.98 Å². The van der Waals surface area contributed by atoms with Crippen LogP contribution in [0.15, 0.2) is 69.7 Å². The first-order valence-electron chi connectivity index (χ1n) is 7.98. The molecule has 3 aromatic heterocycles. The number of rotatable bonds is 4. The maximum atomic E-state index is 13.1. The molecule has 0 spiro atoms. The van der Waals surface area contributed by atoms with Crippen molar-refractivity contribution < 1.29 is 0 Å². The number of pyridine rings is 1. The quantitative estimate of drug-likeness (QED) is 0.543. The lowest BCUT2D eigenvalue weighted by atomic mass is 10.2. The van der Waals surface area contributed by atoms with E-state index < -0.39 is 0 Å². The maximum Gasteiger partial charge on any atom is 0.332 e. The Hall–Kier alpha value is -2.70. The number of halogens is 1. The maximum absolute atomic E-state index is 13.1. The highest BCUT2D eigenvalue weighted by Crippen LogP contribution is 2.13. The molecule has 0 atom stereocenters. The molecule has 0 aliphatic carbocycles. The lowest BCUT2D eigenvalue weighted by molar-refractivity contribution is 0.637. The Balaban J connectivity index is 1.91. The lowest BCUT2D eigenvalue weighted by Crippen LogP contribution is -2.40. The van der Waals surface area contributed by atoms with Crippen LogP contribution in [-0.4, -0.2) is 14.1 Å². The molecule has 0 radical (unpaired) electrons. The summed E-state index contributed by atoms with van der Waals surface area (Å²) in [6.07, 6.45) is 1.57. The predicted molar refractivity (Wildman–Crippen MR) is 104 cm³/mol. The van der Waals surface area contributed by atoms with Gasteiger partial charge in [-0.1, -0.05) is 29.8 Å². The van der Waals surface area contributed by atoms with Crippen molar-refractivity contribution in [2.24, 2.45) is 0 Å². The fourth-order valence-corrected chi connectivity index (χ4v) is 3.68. The second-order valence-electron chi connectivity index (χ2n) is 5.84. The average molecular weight is 384 g/mol. The molecule has 4 rings (SSSR count). The Morgan fingerprint density at radius 3 is 2.50 bits per heavy atom. The number of nitrogens with zero attached hydrogens (tertiary/aromatic N) is 3. The standard InChI is InChI=1S/C19H14ClN3O2S/c20-14-7-5-13(6-8-14)11-22-16-4-1-9-21-17(16)18(24)23(19(22)25)12-15-3-2-10-26-15/h1-10H,11-12H2. The Morgan fingerprint density at radius 1 is 0.962 bits per heavy atom. The van der Waals surface area contributed by atoms with Crippen LogP contribution in [0, 0.1) is 0 Å². The molecule has 0 aliphatic heterocycles. The fraction of sp³-hybridized carbons (Fsp3) is 0.105. The van der Waals surface area contributed by atoms with Gasteiger partial charge in [0, 0.05) is 16.1 Å². The Bertz CT molecular complexity index is 1180. The van der Waals surface area contributed by atoms with Gasteiger partial charge in [-0.3, -0.25) is 13.9 Å². The number of aromatic nitrogens is 3. The van der Waals surface area contributed by atoms with Crippen LogP contribution in [0.2, 0.25) is 5.02 Å². The zero-order chi connectivity index (χ0) is 18.1. The molecule has 0 N–H and O–H groups in total. The summed E-state index contributed by atoms with van der Waals surface area (Å²) in [5.74, 6) is 0. The van der Waals surface area contributed by atoms with Crippen molar-refractivity contribution >= 4 is 34.0 Å². The third-order valence-electron chi connectivity index (χ3n) is 4.13. The number of fused-ring (bicyclic) bond motifs is 1. The summed E-state index contributed by atoms with van der Waals surface area (Å²) < 4.78 is 2.83. The van der Waals surface area contributed by atoms with E-state index in [9.17, 15) is 9.59 Å². The minimum atomic E-state index is -0.369. The highest BCUT2D eigenvalue weighted by molar-refractivity contribution is 7.09. The van der Waals surface area contributed by atoms with Crippen LogP contribution in [0.5, 0.6) is 0 Å². The molecular weight excluding hydrogens is 370 g/mol. The molecule has 1 aromatic carbocycles. The molecule has 7 heteroatoms. The smallest absolute Gasteiger partial charge is 0.287 e. The molecule has 0 saturated heterocycles. The van der Waals surface area contributed by atoms with Crippen LogP contribution in [-0.2, 0) is 13.1 Å². The van der Waals surface area contributed by atoms with Gasteiger partial charge in [-0.25, -0.2) is 9.78 Å². The van der Waals surface area contributed by atoms with E-state index in [0.29, 0.717) is 17.1 Å². The summed E-state index contributed by atoms with van der Waals surface area (Å²) in [4.78, 5) is 31.0. The first-order valence-corrected chi connectivity index (χ1v) is 9.24. The highest BCUT2D eigenvalue weighted by Gasteiger charge is 2.14. The van der Waals surface area contributed by atoms with Gasteiger partial charge in [0.15, 0.2) is 5.52 Å². The second kappa shape index (κ2) is 6.90. The van der Waals surface area contributed by atoms with Gasteiger partial charge in [-0.2, -0.15) is 0 Å². The molecule has 0 saturated carbocycles. The fourth-order valence-electron chi connectivity index (χ4n) is 2.87. The molecule has 0 amide bonds. The van der Waals surface area contributed by atoms with E-state index in [4.69, 9.17) is 11.6 Å². The Morgan fingerprint density at radius 2 is 1.77 bits per heavy atom. The second-order valence-corrected chi connectivity index (χ2v) is 7.31. The molecule has 0 aliphatic rings. The molecule has 5 nitrogen and oxygen atoms in total. The van der Waals surface area contributed by atoms with E-state index in [1.807, 2.05) is 29.6 Å². The number of thiophene rings is 1. The van der Waals surface area contributed by atoms with Gasteiger partial charge < -0.3 is 0 Å². The van der Waals surface area contributed by atoms with Gasteiger partial charge in [0.25, 0.3) is 5.56 Å². The van der Waals surface area contributed by atoms with Crippen LogP contribution < -0.4 is 11.2 Å². The van der Waals surface area contributed by atoms with Gasteiger partial charge in [-0.05, 0) is 41.3 Å². The molecule has 130 valence electrons. The zero-order valence-corrected chi connectivity index (χ0v) is 15.2. The molecule has 26 heavy (non-hydrogen) atoms.